The number of nitrogens with one attached hydrogen (secondary N) is 1. The fraction of sp³-hybridized carbons (Fsp3) is 0.526. The first-order valence-corrected chi connectivity index (χ1v) is 8.77. The molecule has 23 heavy (non-hydrogen) atoms. The molecule has 1 saturated carbocycles. The number of hydrogen-bond donors (Lipinski definition) is 1. The first-order valence-electron chi connectivity index (χ1n) is 8.77. The van der Waals surface area contributed by atoms with E-state index in [0.717, 1.165) is 35.1 Å². The number of hydrogen-bond acceptors (Lipinski definition) is 1. The molecule has 1 aliphatic heterocycles. The maximum absolute atomic E-state index is 13.6. The Morgan fingerprint density at radius 3 is 2.91 bits per heavy atom. The molecular formula is C19H23FN2O. The van der Waals surface area contributed by atoms with E-state index in [-0.39, 0.29) is 11.7 Å². The second kappa shape index (κ2) is 5.99. The highest BCUT2D eigenvalue weighted by Gasteiger charge is 2.26. The molecule has 3 nitrogen and oxygen atoms in total. The highest BCUT2D eigenvalue weighted by molar-refractivity contribution is 5.86. The van der Waals surface area contributed by atoms with E-state index in [1.165, 1.54) is 38.2 Å². The molecule has 1 aliphatic carbocycles. The standard InChI is InChI=1S/C19H23FN2O/c20-14-6-7-17-15(11-14)16-12-22(9-8-18(16)21-17)19(23)10-13-4-2-1-3-5-13/h6-7,11,13,21H,1-5,8-10,12H2. The number of H-pyrrole nitrogens is 1. The molecule has 0 spiro atoms. The smallest absolute Gasteiger partial charge is 0.223 e. The average molecular weight is 314 g/mol. The summed E-state index contributed by atoms with van der Waals surface area (Å²) in [4.78, 5) is 18.0. The molecule has 0 atom stereocenters. The molecular weight excluding hydrogens is 291 g/mol. The van der Waals surface area contributed by atoms with Gasteiger partial charge in [0, 0.05) is 48.1 Å². The molecule has 122 valence electrons. The van der Waals surface area contributed by atoms with Gasteiger partial charge in [-0.1, -0.05) is 19.3 Å². The van der Waals surface area contributed by atoms with E-state index in [4.69, 9.17) is 0 Å². The van der Waals surface area contributed by atoms with Gasteiger partial charge >= 0.3 is 0 Å². The van der Waals surface area contributed by atoms with Crippen LogP contribution in [0.25, 0.3) is 10.9 Å². The molecule has 0 radical (unpaired) electrons. The number of aromatic amines is 1. The summed E-state index contributed by atoms with van der Waals surface area (Å²) in [5.41, 5.74) is 3.23. The molecule has 4 rings (SSSR count). The van der Waals surface area contributed by atoms with E-state index in [0.29, 0.717) is 18.9 Å². The van der Waals surface area contributed by atoms with Crippen molar-refractivity contribution in [2.75, 3.05) is 6.54 Å². The molecule has 2 aliphatic rings. The van der Waals surface area contributed by atoms with Crippen molar-refractivity contribution in [3.8, 4) is 0 Å². The average Bonchev–Trinajstić information content (AvgIpc) is 2.93. The molecule has 1 amide bonds. The molecule has 1 aromatic heterocycles. The summed E-state index contributed by atoms with van der Waals surface area (Å²) in [7, 11) is 0. The Balaban J connectivity index is 1.52. The van der Waals surface area contributed by atoms with Gasteiger partial charge in [0.05, 0.1) is 0 Å². The van der Waals surface area contributed by atoms with Crippen molar-refractivity contribution < 1.29 is 9.18 Å². The molecule has 4 heteroatoms. The van der Waals surface area contributed by atoms with E-state index in [2.05, 4.69) is 4.98 Å². The third kappa shape index (κ3) is 2.87. The fourth-order valence-electron chi connectivity index (χ4n) is 4.17. The van der Waals surface area contributed by atoms with Crippen LogP contribution in [0.3, 0.4) is 0 Å². The van der Waals surface area contributed by atoms with Crippen molar-refractivity contribution in [1.29, 1.82) is 0 Å². The van der Waals surface area contributed by atoms with Crippen molar-refractivity contribution in [3.63, 3.8) is 0 Å². The number of aromatic nitrogens is 1. The number of fused-ring (bicyclic) bond motifs is 3. The third-order valence-electron chi connectivity index (χ3n) is 5.48. The lowest BCUT2D eigenvalue weighted by Crippen LogP contribution is -2.36. The van der Waals surface area contributed by atoms with Crippen molar-refractivity contribution in [2.24, 2.45) is 5.92 Å². The molecule has 1 N–H and O–H groups in total. The minimum atomic E-state index is -0.218. The van der Waals surface area contributed by atoms with E-state index in [9.17, 15) is 9.18 Å². The quantitative estimate of drug-likeness (QED) is 0.887. The van der Waals surface area contributed by atoms with Crippen molar-refractivity contribution in [3.05, 3.63) is 35.3 Å². The monoisotopic (exact) mass is 314 g/mol. The van der Waals surface area contributed by atoms with Crippen molar-refractivity contribution in [1.82, 2.24) is 9.88 Å². The van der Waals surface area contributed by atoms with Gasteiger partial charge in [-0.2, -0.15) is 0 Å². The minimum absolute atomic E-state index is 0.218. The summed E-state index contributed by atoms with van der Waals surface area (Å²) in [6.45, 7) is 1.39. The van der Waals surface area contributed by atoms with E-state index in [1.54, 1.807) is 12.1 Å². The minimum Gasteiger partial charge on any atom is -0.358 e. The maximum Gasteiger partial charge on any atom is 0.223 e. The maximum atomic E-state index is 13.6. The summed E-state index contributed by atoms with van der Waals surface area (Å²) in [6, 6.07) is 4.85. The summed E-state index contributed by atoms with van der Waals surface area (Å²) < 4.78 is 13.6. The molecule has 2 heterocycles. The van der Waals surface area contributed by atoms with Crippen molar-refractivity contribution in [2.45, 2.75) is 51.5 Å². The Morgan fingerprint density at radius 2 is 2.09 bits per heavy atom. The van der Waals surface area contributed by atoms with Gasteiger partial charge in [-0.05, 0) is 37.0 Å². The number of nitrogens with zero attached hydrogens (tertiary/aromatic N) is 1. The van der Waals surface area contributed by atoms with Crippen LogP contribution in [0.4, 0.5) is 4.39 Å². The predicted molar refractivity (Wildman–Crippen MR) is 88.6 cm³/mol. The molecule has 2 aromatic rings. The lowest BCUT2D eigenvalue weighted by Gasteiger charge is -2.30. The summed E-state index contributed by atoms with van der Waals surface area (Å²) in [6.07, 6.45) is 7.77. The Hall–Kier alpha value is -1.84. The molecule has 1 aromatic carbocycles. The Kier molecular flexibility index (Phi) is 3.83. The zero-order valence-corrected chi connectivity index (χ0v) is 13.4. The number of benzene rings is 1. The number of amides is 1. The van der Waals surface area contributed by atoms with Gasteiger partial charge < -0.3 is 9.88 Å². The Morgan fingerprint density at radius 1 is 1.26 bits per heavy atom. The number of rotatable bonds is 2. The fourth-order valence-corrected chi connectivity index (χ4v) is 4.17. The normalized spacial score (nSPS) is 19.1. The zero-order chi connectivity index (χ0) is 15.8. The topological polar surface area (TPSA) is 36.1 Å². The SMILES string of the molecule is O=C(CC1CCCCC1)N1CCc2[nH]c3ccc(F)cc3c2C1. The lowest BCUT2D eigenvalue weighted by atomic mass is 9.86. The number of carbonyl (C=O) groups excluding carboxylic acids is 1. The zero-order valence-electron chi connectivity index (χ0n) is 13.4. The van der Waals surface area contributed by atoms with Crippen LogP contribution in [0.5, 0.6) is 0 Å². The highest BCUT2D eigenvalue weighted by Crippen LogP contribution is 2.31. The van der Waals surface area contributed by atoms with Gasteiger partial charge in [0.25, 0.3) is 0 Å². The van der Waals surface area contributed by atoms with Gasteiger partial charge in [-0.3, -0.25) is 4.79 Å². The molecule has 0 bridgehead atoms. The van der Waals surface area contributed by atoms with Gasteiger partial charge in [-0.15, -0.1) is 0 Å². The van der Waals surface area contributed by atoms with Crippen LogP contribution in [0, 0.1) is 11.7 Å². The van der Waals surface area contributed by atoms with E-state index in [1.807, 2.05) is 4.90 Å². The molecule has 1 fully saturated rings. The number of carbonyl (C=O) groups is 1. The van der Waals surface area contributed by atoms with Crippen LogP contribution in [0.1, 0.15) is 49.8 Å². The number of halogens is 1. The summed E-state index contributed by atoms with van der Waals surface area (Å²) in [5, 5.41) is 0.926. The second-order valence-corrected chi connectivity index (χ2v) is 7.05. The van der Waals surface area contributed by atoms with Crippen LogP contribution in [0.2, 0.25) is 0 Å². The van der Waals surface area contributed by atoms with Gasteiger partial charge in [0.2, 0.25) is 5.91 Å². The first kappa shape index (κ1) is 14.7. The predicted octanol–water partition coefficient (Wildman–Crippen LogP) is 4.16. The van der Waals surface area contributed by atoms with Crippen LogP contribution in [-0.2, 0) is 17.8 Å². The van der Waals surface area contributed by atoms with Crippen LogP contribution in [-0.4, -0.2) is 22.3 Å². The molecule has 0 unspecified atom stereocenters. The van der Waals surface area contributed by atoms with Gasteiger partial charge in [0.15, 0.2) is 0 Å². The van der Waals surface area contributed by atoms with Gasteiger partial charge in [-0.25, -0.2) is 4.39 Å². The third-order valence-corrected chi connectivity index (χ3v) is 5.48. The van der Waals surface area contributed by atoms with Crippen LogP contribution < -0.4 is 0 Å². The Bertz CT molecular complexity index is 730. The first-order chi connectivity index (χ1) is 11.2. The summed E-state index contributed by atoms with van der Waals surface area (Å²) in [5.74, 6) is 0.622. The molecule has 0 saturated heterocycles. The van der Waals surface area contributed by atoms with Gasteiger partial charge in [0.1, 0.15) is 5.82 Å². The Labute approximate surface area is 135 Å². The largest absolute Gasteiger partial charge is 0.358 e. The van der Waals surface area contributed by atoms with Crippen molar-refractivity contribution >= 4 is 16.8 Å². The van der Waals surface area contributed by atoms with E-state index >= 15 is 0 Å². The van der Waals surface area contributed by atoms with Crippen LogP contribution in [0.15, 0.2) is 18.2 Å². The second-order valence-electron chi connectivity index (χ2n) is 7.05. The summed E-state index contributed by atoms with van der Waals surface area (Å²) >= 11 is 0. The van der Waals surface area contributed by atoms with Crippen LogP contribution >= 0.6 is 0 Å². The van der Waals surface area contributed by atoms with E-state index < -0.39 is 0 Å². The highest BCUT2D eigenvalue weighted by atomic mass is 19.1. The lowest BCUT2D eigenvalue weighted by molar-refractivity contribution is -0.133.